The number of aryl methyl sites for hydroxylation is 1. The third-order valence-electron chi connectivity index (χ3n) is 3.43. The van der Waals surface area contributed by atoms with Crippen molar-refractivity contribution in [3.8, 4) is 0 Å². The number of piperidine rings is 1. The van der Waals surface area contributed by atoms with Gasteiger partial charge in [-0.15, -0.1) is 0 Å². The lowest BCUT2D eigenvalue weighted by Gasteiger charge is -2.29. The monoisotopic (exact) mass is 250 g/mol. The van der Waals surface area contributed by atoms with E-state index in [2.05, 4.69) is 10.4 Å². The SMILES string of the molecule is CCN(Cc1cnn(C)c1)C(=O)[C@H]1CCCCN1. The minimum absolute atomic E-state index is 0.00960. The van der Waals surface area contributed by atoms with Crippen molar-refractivity contribution in [1.82, 2.24) is 20.0 Å². The zero-order valence-electron chi connectivity index (χ0n) is 11.2. The topological polar surface area (TPSA) is 50.2 Å². The van der Waals surface area contributed by atoms with Crippen LogP contribution in [0.25, 0.3) is 0 Å². The average molecular weight is 250 g/mol. The molecule has 0 aliphatic carbocycles. The van der Waals surface area contributed by atoms with Crippen molar-refractivity contribution < 1.29 is 4.79 Å². The van der Waals surface area contributed by atoms with Gasteiger partial charge >= 0.3 is 0 Å². The van der Waals surface area contributed by atoms with Crippen molar-refractivity contribution in [2.75, 3.05) is 13.1 Å². The number of carbonyl (C=O) groups is 1. The molecular weight excluding hydrogens is 228 g/mol. The van der Waals surface area contributed by atoms with E-state index in [0.29, 0.717) is 6.54 Å². The van der Waals surface area contributed by atoms with E-state index in [9.17, 15) is 4.79 Å². The fourth-order valence-corrected chi connectivity index (χ4v) is 2.40. The summed E-state index contributed by atoms with van der Waals surface area (Å²) in [5.74, 6) is 0.223. The molecule has 0 saturated carbocycles. The standard InChI is InChI=1S/C13H22N4O/c1-3-17(10-11-8-15-16(2)9-11)13(18)12-6-4-5-7-14-12/h8-9,12,14H,3-7,10H2,1-2H3/t12-/m1/s1. The second kappa shape index (κ2) is 6.00. The molecule has 5 nitrogen and oxygen atoms in total. The normalized spacial score (nSPS) is 19.8. The number of amides is 1. The number of hydrogen-bond donors (Lipinski definition) is 1. The van der Waals surface area contributed by atoms with E-state index in [-0.39, 0.29) is 11.9 Å². The Morgan fingerprint density at radius 2 is 2.44 bits per heavy atom. The minimum Gasteiger partial charge on any atom is -0.337 e. The Kier molecular flexibility index (Phi) is 4.36. The van der Waals surface area contributed by atoms with Gasteiger partial charge in [-0.25, -0.2) is 0 Å². The largest absolute Gasteiger partial charge is 0.337 e. The van der Waals surface area contributed by atoms with Crippen LogP contribution >= 0.6 is 0 Å². The van der Waals surface area contributed by atoms with Gasteiger partial charge in [0.15, 0.2) is 0 Å². The molecule has 0 bridgehead atoms. The first-order valence-corrected chi connectivity index (χ1v) is 6.70. The summed E-state index contributed by atoms with van der Waals surface area (Å²) in [6.45, 7) is 4.38. The second-order valence-electron chi connectivity index (χ2n) is 4.88. The molecule has 1 fully saturated rings. The fourth-order valence-electron chi connectivity index (χ4n) is 2.40. The van der Waals surface area contributed by atoms with E-state index in [1.165, 1.54) is 6.42 Å². The van der Waals surface area contributed by atoms with Gasteiger partial charge in [-0.05, 0) is 26.3 Å². The van der Waals surface area contributed by atoms with Crippen LogP contribution in [0.5, 0.6) is 0 Å². The molecule has 1 saturated heterocycles. The maximum absolute atomic E-state index is 12.4. The summed E-state index contributed by atoms with van der Waals surface area (Å²) >= 11 is 0. The van der Waals surface area contributed by atoms with Crippen LogP contribution in [0.2, 0.25) is 0 Å². The Morgan fingerprint density at radius 1 is 1.61 bits per heavy atom. The van der Waals surface area contributed by atoms with Crippen LogP contribution in [-0.2, 0) is 18.4 Å². The van der Waals surface area contributed by atoms with Crippen molar-refractivity contribution in [2.45, 2.75) is 38.8 Å². The van der Waals surface area contributed by atoms with Crippen LogP contribution in [0.4, 0.5) is 0 Å². The fraction of sp³-hybridized carbons (Fsp3) is 0.692. The van der Waals surface area contributed by atoms with Gasteiger partial charge in [0.05, 0.1) is 12.2 Å². The molecule has 1 N–H and O–H groups in total. The van der Waals surface area contributed by atoms with Gasteiger partial charge in [-0.2, -0.15) is 5.10 Å². The average Bonchev–Trinajstić information content (AvgIpc) is 2.82. The molecule has 100 valence electrons. The zero-order valence-corrected chi connectivity index (χ0v) is 11.2. The molecule has 1 aromatic heterocycles. The first-order valence-electron chi connectivity index (χ1n) is 6.70. The van der Waals surface area contributed by atoms with Crippen LogP contribution in [0.3, 0.4) is 0 Å². The Bertz CT molecular complexity index is 395. The molecule has 2 heterocycles. The van der Waals surface area contributed by atoms with Gasteiger partial charge in [-0.3, -0.25) is 9.48 Å². The highest BCUT2D eigenvalue weighted by atomic mass is 16.2. The Morgan fingerprint density at radius 3 is 3.00 bits per heavy atom. The molecule has 1 atom stereocenters. The molecule has 2 rings (SSSR count). The Hall–Kier alpha value is -1.36. The van der Waals surface area contributed by atoms with E-state index in [1.807, 2.05) is 31.3 Å². The van der Waals surface area contributed by atoms with Crippen LogP contribution in [-0.4, -0.2) is 39.7 Å². The van der Waals surface area contributed by atoms with Crippen molar-refractivity contribution >= 4 is 5.91 Å². The third-order valence-corrected chi connectivity index (χ3v) is 3.43. The van der Waals surface area contributed by atoms with Gasteiger partial charge in [0, 0.05) is 31.9 Å². The van der Waals surface area contributed by atoms with Gasteiger partial charge in [0.1, 0.15) is 0 Å². The van der Waals surface area contributed by atoms with Crippen molar-refractivity contribution in [3.63, 3.8) is 0 Å². The Labute approximate surface area is 108 Å². The molecular formula is C13H22N4O. The van der Waals surface area contributed by atoms with Crippen molar-refractivity contribution in [1.29, 1.82) is 0 Å². The predicted octanol–water partition coefficient (Wildman–Crippen LogP) is 0.911. The van der Waals surface area contributed by atoms with Gasteiger partial charge in [-0.1, -0.05) is 6.42 Å². The van der Waals surface area contributed by atoms with E-state index < -0.39 is 0 Å². The highest BCUT2D eigenvalue weighted by Crippen LogP contribution is 2.12. The molecule has 0 radical (unpaired) electrons. The zero-order chi connectivity index (χ0) is 13.0. The number of likely N-dealkylation sites (N-methyl/N-ethyl adjacent to an activating group) is 1. The highest BCUT2D eigenvalue weighted by molar-refractivity contribution is 5.82. The molecule has 0 aromatic carbocycles. The lowest BCUT2D eigenvalue weighted by atomic mass is 10.0. The number of nitrogens with one attached hydrogen (secondary N) is 1. The minimum atomic E-state index is 0.00960. The Balaban J connectivity index is 1.96. The maximum Gasteiger partial charge on any atom is 0.239 e. The molecule has 0 unspecified atom stereocenters. The van der Waals surface area contributed by atoms with Crippen LogP contribution in [0.15, 0.2) is 12.4 Å². The van der Waals surface area contributed by atoms with Crippen LogP contribution < -0.4 is 5.32 Å². The summed E-state index contributed by atoms with van der Waals surface area (Å²) in [6.07, 6.45) is 7.07. The quantitative estimate of drug-likeness (QED) is 0.864. The van der Waals surface area contributed by atoms with Crippen LogP contribution in [0.1, 0.15) is 31.7 Å². The number of rotatable bonds is 4. The molecule has 1 aliphatic heterocycles. The summed E-state index contributed by atoms with van der Waals surface area (Å²) in [4.78, 5) is 14.3. The van der Waals surface area contributed by atoms with Crippen LogP contribution in [0, 0.1) is 0 Å². The first-order chi connectivity index (χ1) is 8.70. The molecule has 0 spiro atoms. The summed E-state index contributed by atoms with van der Waals surface area (Å²) in [5, 5.41) is 7.45. The highest BCUT2D eigenvalue weighted by Gasteiger charge is 2.24. The summed E-state index contributed by atoms with van der Waals surface area (Å²) < 4.78 is 1.77. The molecule has 18 heavy (non-hydrogen) atoms. The van der Waals surface area contributed by atoms with Gasteiger partial charge in [0.2, 0.25) is 5.91 Å². The number of hydrogen-bond acceptors (Lipinski definition) is 3. The number of nitrogens with zero attached hydrogens (tertiary/aromatic N) is 3. The maximum atomic E-state index is 12.4. The van der Waals surface area contributed by atoms with E-state index in [1.54, 1.807) is 4.68 Å². The second-order valence-corrected chi connectivity index (χ2v) is 4.88. The third kappa shape index (κ3) is 3.10. The molecule has 1 aliphatic rings. The number of aromatic nitrogens is 2. The first kappa shape index (κ1) is 13.1. The predicted molar refractivity (Wildman–Crippen MR) is 69.9 cm³/mol. The van der Waals surface area contributed by atoms with E-state index in [0.717, 1.165) is 31.5 Å². The lowest BCUT2D eigenvalue weighted by molar-refractivity contribution is -0.134. The molecule has 5 heteroatoms. The summed E-state index contributed by atoms with van der Waals surface area (Å²) in [5.41, 5.74) is 1.09. The van der Waals surface area contributed by atoms with Crippen molar-refractivity contribution in [2.24, 2.45) is 7.05 Å². The number of carbonyl (C=O) groups excluding carboxylic acids is 1. The van der Waals surface area contributed by atoms with E-state index in [4.69, 9.17) is 0 Å². The summed E-state index contributed by atoms with van der Waals surface area (Å²) in [6, 6.07) is 0.00960. The molecule has 1 aromatic rings. The molecule has 1 amide bonds. The van der Waals surface area contributed by atoms with Gasteiger partial charge in [0.25, 0.3) is 0 Å². The summed E-state index contributed by atoms with van der Waals surface area (Å²) in [7, 11) is 1.89. The van der Waals surface area contributed by atoms with Crippen molar-refractivity contribution in [3.05, 3.63) is 18.0 Å². The smallest absolute Gasteiger partial charge is 0.239 e. The lowest BCUT2D eigenvalue weighted by Crippen LogP contribution is -2.48. The van der Waals surface area contributed by atoms with E-state index >= 15 is 0 Å². The van der Waals surface area contributed by atoms with Gasteiger partial charge < -0.3 is 10.2 Å².